The molecule has 2 rings (SSSR count). The van der Waals surface area contributed by atoms with Crippen LogP contribution >= 0.6 is 23.2 Å². The molecule has 0 aliphatic rings. The molecular weight excluding hydrogens is 383 g/mol. The molecular formula is C17H16Cl2N2O3S. The Morgan fingerprint density at radius 3 is 2.32 bits per heavy atom. The number of anilines is 1. The molecule has 0 bridgehead atoms. The van der Waals surface area contributed by atoms with Crippen molar-refractivity contribution < 1.29 is 13.2 Å². The number of sulfonamides is 1. The maximum absolute atomic E-state index is 11.9. The molecule has 132 valence electrons. The van der Waals surface area contributed by atoms with Gasteiger partial charge in [0.25, 0.3) is 0 Å². The highest BCUT2D eigenvalue weighted by Gasteiger charge is 2.08. The lowest BCUT2D eigenvalue weighted by Gasteiger charge is -2.07. The van der Waals surface area contributed by atoms with Crippen LogP contribution in [-0.4, -0.2) is 20.9 Å². The molecule has 0 heterocycles. The van der Waals surface area contributed by atoms with E-state index in [1.807, 2.05) is 18.2 Å². The van der Waals surface area contributed by atoms with Crippen molar-refractivity contribution in [2.75, 3.05) is 11.9 Å². The van der Waals surface area contributed by atoms with E-state index in [9.17, 15) is 13.2 Å². The Labute approximate surface area is 156 Å². The van der Waals surface area contributed by atoms with Crippen LogP contribution in [0.25, 0.3) is 6.08 Å². The van der Waals surface area contributed by atoms with E-state index < -0.39 is 10.0 Å². The Balaban J connectivity index is 1.82. The quantitative estimate of drug-likeness (QED) is 0.741. The van der Waals surface area contributed by atoms with Gasteiger partial charge in [0.05, 0.1) is 0 Å². The van der Waals surface area contributed by atoms with Crippen molar-refractivity contribution in [3.05, 3.63) is 69.5 Å². The lowest BCUT2D eigenvalue weighted by molar-refractivity contribution is -0.116. The number of amides is 1. The van der Waals surface area contributed by atoms with Crippen molar-refractivity contribution in [1.82, 2.24) is 4.72 Å². The highest BCUT2D eigenvalue weighted by atomic mass is 35.5. The van der Waals surface area contributed by atoms with E-state index in [0.717, 1.165) is 11.0 Å². The second kappa shape index (κ2) is 9.01. The standard InChI is InChI=1S/C17H16Cl2N2O3S/c18-14-10-15(19)12-16(11-14)21-17(22)6-8-20-25(23,24)9-7-13-4-2-1-3-5-13/h1-5,7,9-12,20H,6,8H2,(H,21,22)/b9-7+. The van der Waals surface area contributed by atoms with Gasteiger partial charge in [0, 0.05) is 34.1 Å². The first kappa shape index (κ1) is 19.5. The minimum Gasteiger partial charge on any atom is -0.326 e. The molecule has 0 radical (unpaired) electrons. The fraction of sp³-hybridized carbons (Fsp3) is 0.118. The molecule has 25 heavy (non-hydrogen) atoms. The Kier molecular flexibility index (Phi) is 7.01. The van der Waals surface area contributed by atoms with E-state index >= 15 is 0 Å². The summed E-state index contributed by atoms with van der Waals surface area (Å²) in [4.78, 5) is 11.9. The Morgan fingerprint density at radius 2 is 1.68 bits per heavy atom. The van der Waals surface area contributed by atoms with Crippen molar-refractivity contribution in [3.8, 4) is 0 Å². The van der Waals surface area contributed by atoms with Crippen LogP contribution in [-0.2, 0) is 14.8 Å². The molecule has 1 amide bonds. The third-order valence-corrected chi connectivity index (χ3v) is 4.58. The monoisotopic (exact) mass is 398 g/mol. The number of nitrogens with one attached hydrogen (secondary N) is 2. The second-order valence-electron chi connectivity index (χ2n) is 5.11. The summed E-state index contributed by atoms with van der Waals surface area (Å²) >= 11 is 11.7. The third-order valence-electron chi connectivity index (χ3n) is 3.04. The van der Waals surface area contributed by atoms with Gasteiger partial charge in [-0.15, -0.1) is 0 Å². The molecule has 5 nitrogen and oxygen atoms in total. The molecule has 0 fully saturated rings. The zero-order chi connectivity index (χ0) is 18.3. The van der Waals surface area contributed by atoms with Gasteiger partial charge in [-0.2, -0.15) is 0 Å². The van der Waals surface area contributed by atoms with Crippen molar-refractivity contribution in [3.63, 3.8) is 0 Å². The highest BCUT2D eigenvalue weighted by molar-refractivity contribution is 7.92. The Morgan fingerprint density at radius 1 is 1.04 bits per heavy atom. The second-order valence-corrected chi connectivity index (χ2v) is 7.63. The SMILES string of the molecule is O=C(CCNS(=O)(=O)/C=C/c1ccccc1)Nc1cc(Cl)cc(Cl)c1. The number of carbonyl (C=O) groups excluding carboxylic acids is 1. The molecule has 0 saturated carbocycles. The molecule has 0 atom stereocenters. The predicted octanol–water partition coefficient (Wildman–Crippen LogP) is 3.91. The number of hydrogen-bond acceptors (Lipinski definition) is 3. The lowest BCUT2D eigenvalue weighted by atomic mass is 10.2. The summed E-state index contributed by atoms with van der Waals surface area (Å²) in [5.41, 5.74) is 1.22. The van der Waals surface area contributed by atoms with Gasteiger partial charge in [-0.25, -0.2) is 13.1 Å². The minimum absolute atomic E-state index is 0.0253. The minimum atomic E-state index is -3.61. The Hall–Kier alpha value is -1.86. The van der Waals surface area contributed by atoms with Crippen LogP contribution in [0.1, 0.15) is 12.0 Å². The fourth-order valence-corrected chi connectivity index (χ4v) is 3.28. The lowest BCUT2D eigenvalue weighted by Crippen LogP contribution is -2.26. The van der Waals surface area contributed by atoms with Crippen LogP contribution in [0.5, 0.6) is 0 Å². The van der Waals surface area contributed by atoms with Gasteiger partial charge in [-0.05, 0) is 29.8 Å². The summed E-state index contributed by atoms with van der Waals surface area (Å²) in [6.07, 6.45) is 1.46. The summed E-state index contributed by atoms with van der Waals surface area (Å²) in [6.45, 7) is -0.0262. The number of halogens is 2. The fourth-order valence-electron chi connectivity index (χ4n) is 1.94. The van der Waals surface area contributed by atoms with Crippen LogP contribution in [0.3, 0.4) is 0 Å². The van der Waals surface area contributed by atoms with Gasteiger partial charge < -0.3 is 5.32 Å². The first-order chi connectivity index (χ1) is 11.8. The first-order valence-corrected chi connectivity index (χ1v) is 9.63. The van der Waals surface area contributed by atoms with Gasteiger partial charge in [0.2, 0.25) is 15.9 Å². The number of carbonyl (C=O) groups is 1. The van der Waals surface area contributed by atoms with E-state index in [0.29, 0.717) is 15.7 Å². The van der Waals surface area contributed by atoms with Crippen molar-refractivity contribution in [1.29, 1.82) is 0 Å². The molecule has 0 saturated heterocycles. The van der Waals surface area contributed by atoms with Crippen LogP contribution in [0.4, 0.5) is 5.69 Å². The van der Waals surface area contributed by atoms with Crippen LogP contribution in [0.15, 0.2) is 53.9 Å². The van der Waals surface area contributed by atoms with E-state index in [4.69, 9.17) is 23.2 Å². The molecule has 0 aliphatic carbocycles. The molecule has 2 aromatic carbocycles. The molecule has 0 aliphatic heterocycles. The highest BCUT2D eigenvalue weighted by Crippen LogP contribution is 2.22. The predicted molar refractivity (Wildman–Crippen MR) is 102 cm³/mol. The summed E-state index contributed by atoms with van der Waals surface area (Å²) in [7, 11) is -3.61. The van der Waals surface area contributed by atoms with Crippen LogP contribution < -0.4 is 10.0 Å². The zero-order valence-electron chi connectivity index (χ0n) is 13.1. The maximum atomic E-state index is 11.9. The van der Waals surface area contributed by atoms with E-state index in [1.165, 1.54) is 6.08 Å². The van der Waals surface area contributed by atoms with Gasteiger partial charge in [0.1, 0.15) is 0 Å². The summed E-state index contributed by atoms with van der Waals surface area (Å²) < 4.78 is 26.1. The number of hydrogen-bond donors (Lipinski definition) is 2. The summed E-state index contributed by atoms with van der Waals surface area (Å²) in [6, 6.07) is 13.7. The van der Waals surface area contributed by atoms with Gasteiger partial charge in [-0.1, -0.05) is 53.5 Å². The summed E-state index contributed by atoms with van der Waals surface area (Å²) in [5.74, 6) is -0.354. The molecule has 0 spiro atoms. The smallest absolute Gasteiger partial charge is 0.233 e. The molecule has 2 N–H and O–H groups in total. The normalized spacial score (nSPS) is 11.6. The van der Waals surface area contributed by atoms with Crippen molar-refractivity contribution in [2.24, 2.45) is 0 Å². The van der Waals surface area contributed by atoms with Crippen LogP contribution in [0, 0.1) is 0 Å². The average Bonchev–Trinajstić information content (AvgIpc) is 2.53. The van der Waals surface area contributed by atoms with Gasteiger partial charge in [0.15, 0.2) is 0 Å². The van der Waals surface area contributed by atoms with Gasteiger partial charge >= 0.3 is 0 Å². The van der Waals surface area contributed by atoms with Crippen LogP contribution in [0.2, 0.25) is 10.0 Å². The largest absolute Gasteiger partial charge is 0.326 e. The molecule has 0 aromatic heterocycles. The average molecular weight is 399 g/mol. The van der Waals surface area contributed by atoms with E-state index in [1.54, 1.807) is 30.3 Å². The third kappa shape index (κ3) is 7.27. The maximum Gasteiger partial charge on any atom is 0.233 e. The molecule has 2 aromatic rings. The molecule has 8 heteroatoms. The van der Waals surface area contributed by atoms with Crippen molar-refractivity contribution in [2.45, 2.75) is 6.42 Å². The summed E-state index contributed by atoms with van der Waals surface area (Å²) in [5, 5.41) is 4.47. The molecule has 0 unspecified atom stereocenters. The first-order valence-electron chi connectivity index (χ1n) is 7.33. The Bertz CT molecular complexity index is 848. The van der Waals surface area contributed by atoms with Gasteiger partial charge in [-0.3, -0.25) is 4.79 Å². The van der Waals surface area contributed by atoms with Crippen molar-refractivity contribution >= 4 is 50.9 Å². The van der Waals surface area contributed by atoms with E-state index in [-0.39, 0.29) is 18.9 Å². The zero-order valence-corrected chi connectivity index (χ0v) is 15.4. The number of rotatable bonds is 7. The van der Waals surface area contributed by atoms with E-state index in [2.05, 4.69) is 10.0 Å². The topological polar surface area (TPSA) is 75.3 Å². The number of benzene rings is 2.